The maximum atomic E-state index is 12.1. The largest absolute Gasteiger partial charge is 0.496 e. The van der Waals surface area contributed by atoms with Crippen molar-refractivity contribution in [2.75, 3.05) is 13.7 Å². The molecule has 1 aromatic rings. The second-order valence-electron chi connectivity index (χ2n) is 7.00. The molecular weight excluding hydrogens is 352 g/mol. The molecule has 0 radical (unpaired) electrons. The van der Waals surface area contributed by atoms with Crippen molar-refractivity contribution >= 4 is 11.5 Å². The molecule has 2 aliphatic rings. The predicted molar refractivity (Wildman–Crippen MR) is 97.7 cm³/mol. The van der Waals surface area contributed by atoms with E-state index in [0.717, 1.165) is 5.56 Å². The van der Waals surface area contributed by atoms with Crippen LogP contribution in [-0.2, 0) is 22.6 Å². The second-order valence-corrected chi connectivity index (χ2v) is 7.00. The smallest absolute Gasteiger partial charge is 0.374 e. The molecule has 0 aromatic heterocycles. The van der Waals surface area contributed by atoms with Crippen LogP contribution < -0.4 is 14.2 Å². The highest BCUT2D eigenvalue weighted by Crippen LogP contribution is 2.52. The van der Waals surface area contributed by atoms with Crippen molar-refractivity contribution in [2.24, 2.45) is 0 Å². The number of carbonyl (C=O) groups is 1. The van der Waals surface area contributed by atoms with Crippen LogP contribution >= 0.6 is 0 Å². The summed E-state index contributed by atoms with van der Waals surface area (Å²) in [5.41, 5.74) is 1.06. The molecule has 1 unspecified atom stereocenters. The lowest BCUT2D eigenvalue weighted by atomic mass is 9.91. The monoisotopic (exact) mass is 376 g/mol. The van der Waals surface area contributed by atoms with E-state index >= 15 is 0 Å². The van der Waals surface area contributed by atoms with Gasteiger partial charge in [-0.25, -0.2) is 4.79 Å². The maximum Gasteiger partial charge on any atom is 0.374 e. The molecule has 3 rings (SSSR count). The first-order valence-corrected chi connectivity index (χ1v) is 8.74. The van der Waals surface area contributed by atoms with Gasteiger partial charge in [-0.15, -0.1) is 0 Å². The Balaban J connectivity index is 2.16. The van der Waals surface area contributed by atoms with Gasteiger partial charge in [-0.05, 0) is 32.4 Å². The summed E-state index contributed by atoms with van der Waals surface area (Å²) in [5.74, 6) is 0.498. The van der Waals surface area contributed by atoms with Crippen LogP contribution in [0, 0.1) is 0 Å². The van der Waals surface area contributed by atoms with E-state index in [4.69, 9.17) is 18.9 Å². The van der Waals surface area contributed by atoms with Gasteiger partial charge in [-0.1, -0.05) is 6.58 Å². The number of benzene rings is 1. The third-order valence-corrected chi connectivity index (χ3v) is 4.67. The first-order valence-electron chi connectivity index (χ1n) is 8.74. The molecule has 7 nitrogen and oxygen atoms in total. The molecule has 1 atom stereocenters. The van der Waals surface area contributed by atoms with Crippen LogP contribution in [0.1, 0.15) is 37.5 Å². The SMILES string of the molecule is C=C1C=C(C(=O)OCC)Oc2c(CO)c3c(c(OC)c21)CC(C(C)(C)O)O3. The fourth-order valence-electron chi connectivity index (χ4n) is 3.33. The van der Waals surface area contributed by atoms with Crippen LogP contribution in [0.4, 0.5) is 0 Å². The van der Waals surface area contributed by atoms with E-state index in [1.54, 1.807) is 20.8 Å². The van der Waals surface area contributed by atoms with Crippen LogP contribution in [0.2, 0.25) is 0 Å². The van der Waals surface area contributed by atoms with Crippen molar-refractivity contribution in [2.45, 2.75) is 45.5 Å². The van der Waals surface area contributed by atoms with Crippen LogP contribution in [0.15, 0.2) is 18.4 Å². The maximum absolute atomic E-state index is 12.1. The number of hydrogen-bond donors (Lipinski definition) is 2. The van der Waals surface area contributed by atoms with E-state index in [2.05, 4.69) is 6.58 Å². The van der Waals surface area contributed by atoms with E-state index in [-0.39, 0.29) is 24.7 Å². The van der Waals surface area contributed by atoms with Gasteiger partial charge in [0.15, 0.2) is 0 Å². The highest BCUT2D eigenvalue weighted by Gasteiger charge is 2.41. The molecule has 0 bridgehead atoms. The molecule has 0 spiro atoms. The van der Waals surface area contributed by atoms with Gasteiger partial charge in [0.1, 0.15) is 23.4 Å². The van der Waals surface area contributed by atoms with E-state index in [9.17, 15) is 15.0 Å². The number of esters is 1. The van der Waals surface area contributed by atoms with Crippen LogP contribution in [0.25, 0.3) is 5.57 Å². The van der Waals surface area contributed by atoms with Crippen molar-refractivity contribution < 1.29 is 34.0 Å². The van der Waals surface area contributed by atoms with Crippen molar-refractivity contribution in [3.05, 3.63) is 35.1 Å². The zero-order valence-electron chi connectivity index (χ0n) is 15.9. The quantitative estimate of drug-likeness (QED) is 0.760. The van der Waals surface area contributed by atoms with Gasteiger partial charge in [0, 0.05) is 12.0 Å². The van der Waals surface area contributed by atoms with Crippen molar-refractivity contribution in [3.63, 3.8) is 0 Å². The van der Waals surface area contributed by atoms with E-state index < -0.39 is 17.7 Å². The zero-order valence-corrected chi connectivity index (χ0v) is 15.9. The third-order valence-electron chi connectivity index (χ3n) is 4.67. The average Bonchev–Trinajstić information content (AvgIpc) is 3.05. The standard InChI is InChI=1S/C20H24O7/c1-6-25-19(22)13-7-10(2)15-17(24-5)11-8-14(20(3,4)23)27-16(11)12(9-21)18(15)26-13/h7,14,21,23H,2,6,8-9H2,1,3-5H3. The minimum absolute atomic E-state index is 0.0249. The van der Waals surface area contributed by atoms with Crippen molar-refractivity contribution in [1.29, 1.82) is 0 Å². The number of methoxy groups -OCH3 is 1. The lowest BCUT2D eigenvalue weighted by Gasteiger charge is -2.26. The molecule has 2 N–H and O–H groups in total. The lowest BCUT2D eigenvalue weighted by Crippen LogP contribution is -2.39. The molecule has 0 saturated carbocycles. The minimum Gasteiger partial charge on any atom is -0.496 e. The Morgan fingerprint density at radius 2 is 2.11 bits per heavy atom. The summed E-state index contributed by atoms with van der Waals surface area (Å²) in [6, 6.07) is 0. The van der Waals surface area contributed by atoms with Crippen LogP contribution in [0.3, 0.4) is 0 Å². The van der Waals surface area contributed by atoms with E-state index in [0.29, 0.717) is 34.6 Å². The Morgan fingerprint density at radius 1 is 1.41 bits per heavy atom. The molecule has 2 aliphatic heterocycles. The van der Waals surface area contributed by atoms with Gasteiger partial charge < -0.3 is 29.2 Å². The third kappa shape index (κ3) is 3.17. The normalized spacial score (nSPS) is 18.1. The number of aliphatic hydroxyl groups excluding tert-OH is 1. The number of allylic oxidation sites excluding steroid dienone is 2. The summed E-state index contributed by atoms with van der Waals surface area (Å²) in [4.78, 5) is 12.1. The second kappa shape index (κ2) is 6.90. The zero-order chi connectivity index (χ0) is 19.9. The summed E-state index contributed by atoms with van der Waals surface area (Å²) in [6.45, 7) is 8.85. The molecule has 7 heteroatoms. The molecule has 0 fully saturated rings. The predicted octanol–water partition coefficient (Wildman–Crippen LogP) is 2.11. The number of ether oxygens (including phenoxy) is 4. The molecule has 27 heavy (non-hydrogen) atoms. The molecule has 0 saturated heterocycles. The Bertz CT molecular complexity index is 830. The van der Waals surface area contributed by atoms with Crippen LogP contribution in [0.5, 0.6) is 17.2 Å². The summed E-state index contributed by atoms with van der Waals surface area (Å²) >= 11 is 0. The Hall–Kier alpha value is -2.51. The fourth-order valence-corrected chi connectivity index (χ4v) is 3.33. The van der Waals surface area contributed by atoms with Gasteiger partial charge in [0.05, 0.1) is 37.1 Å². The Kier molecular flexibility index (Phi) is 4.92. The highest BCUT2D eigenvalue weighted by atomic mass is 16.6. The molecule has 1 aromatic carbocycles. The Labute approximate surface area is 157 Å². The summed E-state index contributed by atoms with van der Waals surface area (Å²) < 4.78 is 22.3. The Morgan fingerprint density at radius 3 is 2.67 bits per heavy atom. The highest BCUT2D eigenvalue weighted by molar-refractivity contribution is 5.95. The summed E-state index contributed by atoms with van der Waals surface area (Å²) in [7, 11) is 1.52. The number of aliphatic hydroxyl groups is 2. The lowest BCUT2D eigenvalue weighted by molar-refractivity contribution is -0.141. The number of fused-ring (bicyclic) bond motifs is 2. The van der Waals surface area contributed by atoms with Gasteiger partial charge in [0.2, 0.25) is 5.76 Å². The van der Waals surface area contributed by atoms with Crippen molar-refractivity contribution in [1.82, 2.24) is 0 Å². The molecular formula is C20H24O7. The molecule has 0 aliphatic carbocycles. The van der Waals surface area contributed by atoms with Gasteiger partial charge in [-0.3, -0.25) is 0 Å². The van der Waals surface area contributed by atoms with Crippen LogP contribution in [-0.4, -0.2) is 41.6 Å². The molecule has 0 amide bonds. The summed E-state index contributed by atoms with van der Waals surface area (Å²) in [6.07, 6.45) is 1.38. The number of carbonyl (C=O) groups excluding carboxylic acids is 1. The van der Waals surface area contributed by atoms with Gasteiger partial charge in [0.25, 0.3) is 0 Å². The topological polar surface area (TPSA) is 94.5 Å². The molecule has 2 heterocycles. The number of hydrogen-bond acceptors (Lipinski definition) is 7. The van der Waals surface area contributed by atoms with Crippen molar-refractivity contribution in [3.8, 4) is 17.2 Å². The first-order chi connectivity index (χ1) is 12.7. The van der Waals surface area contributed by atoms with E-state index in [1.807, 2.05) is 0 Å². The first kappa shape index (κ1) is 19.3. The average molecular weight is 376 g/mol. The van der Waals surface area contributed by atoms with E-state index in [1.165, 1.54) is 13.2 Å². The van der Waals surface area contributed by atoms with Gasteiger partial charge >= 0.3 is 5.97 Å². The minimum atomic E-state index is -1.09. The van der Waals surface area contributed by atoms with Gasteiger partial charge in [-0.2, -0.15) is 0 Å². The fraction of sp³-hybridized carbons (Fsp3) is 0.450. The molecule has 146 valence electrons. The summed E-state index contributed by atoms with van der Waals surface area (Å²) in [5, 5.41) is 20.4. The number of rotatable bonds is 5.